The standard InChI is InChI=1S/C17H28N4O3/c1-12-16(18-19-21(12)10-13-5-3-4-6-13)17(23)20-11-15(24-2)9-14(20)7-8-22/h13-15,22H,3-11H2,1-2H3/t14-,15+/m1/s1. The van der Waals surface area contributed by atoms with Crippen LogP contribution in [0.4, 0.5) is 0 Å². The van der Waals surface area contributed by atoms with Crippen LogP contribution < -0.4 is 0 Å². The number of carbonyl (C=O) groups excluding carboxylic acids is 1. The summed E-state index contributed by atoms with van der Waals surface area (Å²) in [4.78, 5) is 14.7. The lowest BCUT2D eigenvalue weighted by Gasteiger charge is -2.23. The van der Waals surface area contributed by atoms with E-state index in [4.69, 9.17) is 4.74 Å². The summed E-state index contributed by atoms with van der Waals surface area (Å²) in [7, 11) is 1.66. The van der Waals surface area contributed by atoms with E-state index in [0.29, 0.717) is 24.6 Å². The second-order valence-electron chi connectivity index (χ2n) is 7.07. The van der Waals surface area contributed by atoms with E-state index >= 15 is 0 Å². The maximum Gasteiger partial charge on any atom is 0.276 e. The van der Waals surface area contributed by atoms with Crippen molar-refractivity contribution >= 4 is 5.91 Å². The van der Waals surface area contributed by atoms with Crippen molar-refractivity contribution in [1.82, 2.24) is 19.9 Å². The fraction of sp³-hybridized carbons (Fsp3) is 0.824. The average Bonchev–Trinajstić information content (AvgIpc) is 3.29. The Balaban J connectivity index is 1.73. The summed E-state index contributed by atoms with van der Waals surface area (Å²) in [5.74, 6) is 0.559. The third-order valence-electron chi connectivity index (χ3n) is 5.52. The van der Waals surface area contributed by atoms with Gasteiger partial charge in [0.25, 0.3) is 5.91 Å². The Morgan fingerprint density at radius 2 is 2.12 bits per heavy atom. The van der Waals surface area contributed by atoms with Crippen molar-refractivity contribution in [3.05, 3.63) is 11.4 Å². The molecule has 2 aliphatic rings. The van der Waals surface area contributed by atoms with Crippen LogP contribution in [0.1, 0.15) is 54.7 Å². The number of methoxy groups -OCH3 is 1. The predicted molar refractivity (Wildman–Crippen MR) is 88.7 cm³/mol. The van der Waals surface area contributed by atoms with Crippen LogP contribution in [0.3, 0.4) is 0 Å². The van der Waals surface area contributed by atoms with Gasteiger partial charge in [-0.15, -0.1) is 5.10 Å². The number of nitrogens with zero attached hydrogens (tertiary/aromatic N) is 4. The topological polar surface area (TPSA) is 80.5 Å². The van der Waals surface area contributed by atoms with Crippen LogP contribution in [0.2, 0.25) is 0 Å². The number of amides is 1. The molecule has 24 heavy (non-hydrogen) atoms. The first kappa shape index (κ1) is 17.4. The first-order valence-electron chi connectivity index (χ1n) is 8.98. The molecular formula is C17H28N4O3. The molecule has 2 heterocycles. The molecule has 7 heteroatoms. The van der Waals surface area contributed by atoms with Crippen LogP contribution in [0.25, 0.3) is 0 Å². The molecule has 2 atom stereocenters. The van der Waals surface area contributed by atoms with Gasteiger partial charge in [0.15, 0.2) is 5.69 Å². The summed E-state index contributed by atoms with van der Waals surface area (Å²) in [5, 5.41) is 17.6. The summed E-state index contributed by atoms with van der Waals surface area (Å²) in [6.45, 7) is 3.40. The van der Waals surface area contributed by atoms with E-state index in [9.17, 15) is 9.90 Å². The molecule has 1 aromatic heterocycles. The highest BCUT2D eigenvalue weighted by atomic mass is 16.5. The Kier molecular flexibility index (Phi) is 5.50. The molecular weight excluding hydrogens is 308 g/mol. The third kappa shape index (κ3) is 3.47. The van der Waals surface area contributed by atoms with Gasteiger partial charge in [0.1, 0.15) is 0 Å². The second kappa shape index (κ2) is 7.61. The van der Waals surface area contributed by atoms with Gasteiger partial charge in [0.05, 0.1) is 11.8 Å². The highest BCUT2D eigenvalue weighted by Gasteiger charge is 2.37. The van der Waals surface area contributed by atoms with Crippen LogP contribution in [0, 0.1) is 12.8 Å². The molecule has 1 saturated heterocycles. The smallest absolute Gasteiger partial charge is 0.276 e. The number of aromatic nitrogens is 3. The number of carbonyl (C=O) groups is 1. The number of ether oxygens (including phenoxy) is 1. The molecule has 7 nitrogen and oxygen atoms in total. The summed E-state index contributed by atoms with van der Waals surface area (Å²) in [6, 6.07) is 0.00633. The number of hydrogen-bond donors (Lipinski definition) is 1. The molecule has 0 aromatic carbocycles. The third-order valence-corrected chi connectivity index (χ3v) is 5.52. The van der Waals surface area contributed by atoms with E-state index < -0.39 is 0 Å². The minimum Gasteiger partial charge on any atom is -0.396 e. The second-order valence-corrected chi connectivity index (χ2v) is 7.07. The van der Waals surface area contributed by atoms with Crippen molar-refractivity contribution in [3.63, 3.8) is 0 Å². The zero-order valence-corrected chi connectivity index (χ0v) is 14.6. The molecule has 1 amide bonds. The molecule has 1 N–H and O–H groups in total. The van der Waals surface area contributed by atoms with Gasteiger partial charge in [-0.3, -0.25) is 4.79 Å². The van der Waals surface area contributed by atoms with Crippen LogP contribution in [-0.2, 0) is 11.3 Å². The average molecular weight is 336 g/mol. The zero-order chi connectivity index (χ0) is 17.1. The number of aliphatic hydroxyl groups excluding tert-OH is 1. The molecule has 1 aliphatic heterocycles. The van der Waals surface area contributed by atoms with Gasteiger partial charge in [-0.1, -0.05) is 18.1 Å². The van der Waals surface area contributed by atoms with Crippen molar-refractivity contribution in [2.24, 2.45) is 5.92 Å². The molecule has 1 aromatic rings. The molecule has 3 rings (SSSR count). The van der Waals surface area contributed by atoms with Gasteiger partial charge in [-0.05, 0) is 38.5 Å². The maximum absolute atomic E-state index is 12.9. The van der Waals surface area contributed by atoms with Crippen molar-refractivity contribution in [1.29, 1.82) is 0 Å². The number of hydrogen-bond acceptors (Lipinski definition) is 5. The largest absolute Gasteiger partial charge is 0.396 e. The van der Waals surface area contributed by atoms with E-state index in [1.165, 1.54) is 25.7 Å². The van der Waals surface area contributed by atoms with Crippen molar-refractivity contribution < 1.29 is 14.6 Å². The Morgan fingerprint density at radius 3 is 2.79 bits per heavy atom. The summed E-state index contributed by atoms with van der Waals surface area (Å²) < 4.78 is 7.29. The highest BCUT2D eigenvalue weighted by Crippen LogP contribution is 2.27. The molecule has 0 spiro atoms. The van der Waals surface area contributed by atoms with Crippen molar-refractivity contribution in [3.8, 4) is 0 Å². The highest BCUT2D eigenvalue weighted by molar-refractivity contribution is 5.93. The fourth-order valence-electron chi connectivity index (χ4n) is 4.02. The van der Waals surface area contributed by atoms with E-state index in [1.54, 1.807) is 12.0 Å². The number of rotatable bonds is 6. The van der Waals surface area contributed by atoms with E-state index in [2.05, 4.69) is 10.3 Å². The Hall–Kier alpha value is -1.47. The molecule has 0 bridgehead atoms. The molecule has 1 aliphatic carbocycles. The van der Waals surface area contributed by atoms with Crippen molar-refractivity contribution in [2.75, 3.05) is 20.3 Å². The maximum atomic E-state index is 12.9. The van der Waals surface area contributed by atoms with Gasteiger partial charge in [0, 0.05) is 32.8 Å². The lowest BCUT2D eigenvalue weighted by molar-refractivity contribution is 0.0669. The summed E-state index contributed by atoms with van der Waals surface area (Å²) in [6.07, 6.45) is 6.42. The number of aliphatic hydroxyl groups is 1. The summed E-state index contributed by atoms with van der Waals surface area (Å²) >= 11 is 0. The zero-order valence-electron chi connectivity index (χ0n) is 14.6. The molecule has 1 saturated carbocycles. The number of likely N-dealkylation sites (tertiary alicyclic amines) is 1. The molecule has 0 unspecified atom stereocenters. The van der Waals surface area contributed by atoms with Crippen LogP contribution in [0.5, 0.6) is 0 Å². The summed E-state index contributed by atoms with van der Waals surface area (Å²) in [5.41, 5.74) is 1.28. The van der Waals surface area contributed by atoms with Gasteiger partial charge < -0.3 is 14.7 Å². The van der Waals surface area contributed by atoms with Gasteiger partial charge in [0.2, 0.25) is 0 Å². The van der Waals surface area contributed by atoms with E-state index in [1.807, 2.05) is 11.6 Å². The van der Waals surface area contributed by atoms with Crippen molar-refractivity contribution in [2.45, 2.75) is 64.1 Å². The lowest BCUT2D eigenvalue weighted by atomic mass is 10.1. The molecule has 2 fully saturated rings. The Morgan fingerprint density at radius 1 is 1.38 bits per heavy atom. The minimum absolute atomic E-state index is 0.00633. The first-order valence-corrected chi connectivity index (χ1v) is 8.98. The molecule has 134 valence electrons. The lowest BCUT2D eigenvalue weighted by Crippen LogP contribution is -2.37. The predicted octanol–water partition coefficient (Wildman–Crippen LogP) is 1.39. The normalized spacial score (nSPS) is 24.9. The van der Waals surface area contributed by atoms with Crippen LogP contribution in [-0.4, -0.2) is 63.3 Å². The quantitative estimate of drug-likeness (QED) is 0.849. The SMILES string of the molecule is CO[C@H]1C[C@@H](CCO)N(C(=O)c2nnn(CC3CCCC3)c2C)C1. The van der Waals surface area contributed by atoms with Gasteiger partial charge in [-0.2, -0.15) is 0 Å². The van der Waals surface area contributed by atoms with Gasteiger partial charge >= 0.3 is 0 Å². The monoisotopic (exact) mass is 336 g/mol. The van der Waals surface area contributed by atoms with Crippen LogP contribution >= 0.6 is 0 Å². The minimum atomic E-state index is -0.0943. The van der Waals surface area contributed by atoms with E-state index in [-0.39, 0.29) is 24.7 Å². The molecule has 0 radical (unpaired) electrons. The van der Waals surface area contributed by atoms with Gasteiger partial charge in [-0.25, -0.2) is 4.68 Å². The fourth-order valence-corrected chi connectivity index (χ4v) is 4.02. The first-order chi connectivity index (χ1) is 11.6. The Labute approximate surface area is 143 Å². The Bertz CT molecular complexity index is 568. The van der Waals surface area contributed by atoms with Crippen LogP contribution in [0.15, 0.2) is 0 Å². The van der Waals surface area contributed by atoms with E-state index in [0.717, 1.165) is 18.7 Å².